The molecular formula is C11H21N3O2. The van der Waals surface area contributed by atoms with Crippen LogP contribution in [0.5, 0.6) is 0 Å². The monoisotopic (exact) mass is 227 g/mol. The van der Waals surface area contributed by atoms with Gasteiger partial charge in [0.1, 0.15) is 0 Å². The summed E-state index contributed by atoms with van der Waals surface area (Å²) in [7, 11) is 4.10. The van der Waals surface area contributed by atoms with Crippen molar-refractivity contribution in [2.45, 2.75) is 31.0 Å². The van der Waals surface area contributed by atoms with Crippen LogP contribution in [0.25, 0.3) is 0 Å². The van der Waals surface area contributed by atoms with E-state index in [2.05, 4.69) is 24.3 Å². The molecule has 0 radical (unpaired) electrons. The van der Waals surface area contributed by atoms with Crippen LogP contribution in [-0.2, 0) is 4.79 Å². The van der Waals surface area contributed by atoms with Gasteiger partial charge in [-0.1, -0.05) is 0 Å². The lowest BCUT2D eigenvalue weighted by atomic mass is 10.2. The maximum atomic E-state index is 12.1. The molecule has 92 valence electrons. The second-order valence-corrected chi connectivity index (χ2v) is 5.04. The van der Waals surface area contributed by atoms with Crippen LogP contribution in [0.4, 0.5) is 0 Å². The Morgan fingerprint density at radius 2 is 2.25 bits per heavy atom. The second kappa shape index (κ2) is 4.69. The van der Waals surface area contributed by atoms with Gasteiger partial charge in [-0.05, 0) is 26.9 Å². The van der Waals surface area contributed by atoms with Gasteiger partial charge in [0.15, 0.2) is 0 Å². The molecule has 2 N–H and O–H groups in total. The van der Waals surface area contributed by atoms with Crippen molar-refractivity contribution in [1.82, 2.24) is 15.1 Å². The first-order chi connectivity index (χ1) is 7.58. The van der Waals surface area contributed by atoms with Crippen molar-refractivity contribution in [1.29, 1.82) is 0 Å². The molecule has 16 heavy (non-hydrogen) atoms. The van der Waals surface area contributed by atoms with Crippen molar-refractivity contribution in [3.05, 3.63) is 0 Å². The minimum atomic E-state index is -0.360. The van der Waals surface area contributed by atoms with E-state index in [4.69, 9.17) is 0 Å². The molecule has 2 aliphatic rings. The molecule has 1 amide bonds. The zero-order valence-electron chi connectivity index (χ0n) is 10.0. The Bertz CT molecular complexity index is 270. The first kappa shape index (κ1) is 11.8. The lowest BCUT2D eigenvalue weighted by Gasteiger charge is -2.22. The van der Waals surface area contributed by atoms with Gasteiger partial charge in [-0.15, -0.1) is 0 Å². The highest BCUT2D eigenvalue weighted by atomic mass is 16.3. The normalized spacial score (nSPS) is 35.0. The Morgan fingerprint density at radius 1 is 1.50 bits per heavy atom. The topological polar surface area (TPSA) is 55.8 Å². The van der Waals surface area contributed by atoms with E-state index in [0.29, 0.717) is 19.0 Å². The molecule has 5 heteroatoms. The van der Waals surface area contributed by atoms with Crippen molar-refractivity contribution >= 4 is 5.91 Å². The van der Waals surface area contributed by atoms with Crippen LogP contribution < -0.4 is 5.32 Å². The number of aliphatic hydroxyl groups is 1. The summed E-state index contributed by atoms with van der Waals surface area (Å²) in [6.45, 7) is 2.21. The average Bonchev–Trinajstić information content (AvgIpc) is 2.84. The highest BCUT2D eigenvalue weighted by Crippen LogP contribution is 2.17. The molecule has 5 nitrogen and oxygen atoms in total. The van der Waals surface area contributed by atoms with Gasteiger partial charge in [-0.3, -0.25) is 4.79 Å². The maximum absolute atomic E-state index is 12.1. The van der Waals surface area contributed by atoms with Gasteiger partial charge >= 0.3 is 0 Å². The fraction of sp³-hybridized carbons (Fsp3) is 0.909. The van der Waals surface area contributed by atoms with Gasteiger partial charge in [0.05, 0.1) is 12.1 Å². The third kappa shape index (κ3) is 2.36. The number of carbonyl (C=O) groups is 1. The maximum Gasteiger partial charge on any atom is 0.239 e. The third-order valence-corrected chi connectivity index (χ3v) is 3.61. The van der Waals surface area contributed by atoms with Crippen LogP contribution in [0.15, 0.2) is 0 Å². The van der Waals surface area contributed by atoms with Crippen LogP contribution in [0.1, 0.15) is 12.8 Å². The molecule has 2 rings (SSSR count). The summed E-state index contributed by atoms with van der Waals surface area (Å²) in [5.74, 6) is 0.154. The molecule has 0 aromatic heterocycles. The lowest BCUT2D eigenvalue weighted by Crippen LogP contribution is -2.43. The molecule has 0 spiro atoms. The summed E-state index contributed by atoms with van der Waals surface area (Å²) in [4.78, 5) is 16.2. The number of rotatable bonds is 2. The summed E-state index contributed by atoms with van der Waals surface area (Å²) in [5.41, 5.74) is 0. The Balaban J connectivity index is 1.87. The van der Waals surface area contributed by atoms with Gasteiger partial charge in [-0.2, -0.15) is 0 Å². The van der Waals surface area contributed by atoms with Crippen molar-refractivity contribution in [3.8, 4) is 0 Å². The van der Waals surface area contributed by atoms with E-state index in [-0.39, 0.29) is 18.1 Å². The Kier molecular flexibility index (Phi) is 3.47. The average molecular weight is 227 g/mol. The van der Waals surface area contributed by atoms with Crippen LogP contribution in [-0.4, -0.2) is 72.7 Å². The smallest absolute Gasteiger partial charge is 0.239 e. The summed E-state index contributed by atoms with van der Waals surface area (Å²) >= 11 is 0. The highest BCUT2D eigenvalue weighted by Gasteiger charge is 2.35. The Hall–Kier alpha value is -0.650. The fourth-order valence-corrected chi connectivity index (χ4v) is 2.49. The molecule has 2 heterocycles. The molecule has 2 saturated heterocycles. The lowest BCUT2D eigenvalue weighted by molar-refractivity contribution is -0.132. The quantitative estimate of drug-likeness (QED) is 0.627. The minimum Gasteiger partial charge on any atom is -0.392 e. The number of hydrogen-bond donors (Lipinski definition) is 2. The van der Waals surface area contributed by atoms with Crippen LogP contribution in [0.2, 0.25) is 0 Å². The largest absolute Gasteiger partial charge is 0.392 e. The zero-order valence-corrected chi connectivity index (χ0v) is 10.0. The van der Waals surface area contributed by atoms with Crippen molar-refractivity contribution in [3.63, 3.8) is 0 Å². The van der Waals surface area contributed by atoms with E-state index < -0.39 is 0 Å². The van der Waals surface area contributed by atoms with Gasteiger partial charge in [0.25, 0.3) is 0 Å². The zero-order chi connectivity index (χ0) is 11.7. The first-order valence-electron chi connectivity index (χ1n) is 5.94. The molecule has 3 atom stereocenters. The number of amides is 1. The van der Waals surface area contributed by atoms with Gasteiger partial charge in [-0.25, -0.2) is 0 Å². The molecule has 0 saturated carbocycles. The summed E-state index contributed by atoms with van der Waals surface area (Å²) < 4.78 is 0. The summed E-state index contributed by atoms with van der Waals surface area (Å²) in [5, 5.41) is 12.5. The van der Waals surface area contributed by atoms with E-state index in [1.54, 1.807) is 0 Å². The first-order valence-corrected chi connectivity index (χ1v) is 5.94. The van der Waals surface area contributed by atoms with Crippen LogP contribution in [0.3, 0.4) is 0 Å². The molecule has 0 aromatic carbocycles. The SMILES string of the molecule is CN(C)C1CCN(C(=O)C2CC(O)CN2)C1. The molecule has 3 unspecified atom stereocenters. The van der Waals surface area contributed by atoms with Crippen LogP contribution >= 0.6 is 0 Å². The highest BCUT2D eigenvalue weighted by molar-refractivity contribution is 5.82. The number of likely N-dealkylation sites (N-methyl/N-ethyl adjacent to an activating group) is 1. The number of carbonyl (C=O) groups excluding carboxylic acids is 1. The Labute approximate surface area is 96.4 Å². The van der Waals surface area contributed by atoms with E-state index in [1.165, 1.54) is 0 Å². The second-order valence-electron chi connectivity index (χ2n) is 5.04. The number of β-amino-alcohol motifs (C(OH)–C–C–N with tert-alkyl or cyclic N) is 1. The summed E-state index contributed by atoms with van der Waals surface area (Å²) in [6.07, 6.45) is 1.25. The van der Waals surface area contributed by atoms with E-state index in [0.717, 1.165) is 19.5 Å². The molecule has 0 bridgehead atoms. The molecule has 2 fully saturated rings. The number of hydrogen-bond acceptors (Lipinski definition) is 4. The number of aliphatic hydroxyl groups excluding tert-OH is 1. The van der Waals surface area contributed by atoms with Gasteiger partial charge < -0.3 is 20.2 Å². The number of nitrogens with zero attached hydrogens (tertiary/aromatic N) is 2. The molecule has 0 aromatic rings. The third-order valence-electron chi connectivity index (χ3n) is 3.61. The van der Waals surface area contributed by atoms with Crippen LogP contribution in [0, 0.1) is 0 Å². The molecule has 2 aliphatic heterocycles. The molecule has 0 aliphatic carbocycles. The standard InChI is InChI=1S/C11H21N3O2/c1-13(2)8-3-4-14(7-8)11(16)10-5-9(15)6-12-10/h8-10,12,15H,3-7H2,1-2H3. The van der Waals surface area contributed by atoms with Gasteiger partial charge in [0, 0.05) is 25.7 Å². The van der Waals surface area contributed by atoms with Crippen molar-refractivity contribution in [2.75, 3.05) is 33.7 Å². The Morgan fingerprint density at radius 3 is 2.75 bits per heavy atom. The van der Waals surface area contributed by atoms with Gasteiger partial charge in [0.2, 0.25) is 5.91 Å². The van der Waals surface area contributed by atoms with E-state index in [1.807, 2.05) is 4.90 Å². The predicted molar refractivity (Wildman–Crippen MR) is 61.1 cm³/mol. The minimum absolute atomic E-state index is 0.154. The predicted octanol–water partition coefficient (Wildman–Crippen LogP) is -1.13. The number of nitrogens with one attached hydrogen (secondary N) is 1. The van der Waals surface area contributed by atoms with Crippen molar-refractivity contribution in [2.24, 2.45) is 0 Å². The fourth-order valence-electron chi connectivity index (χ4n) is 2.49. The number of likely N-dealkylation sites (tertiary alicyclic amines) is 1. The van der Waals surface area contributed by atoms with E-state index >= 15 is 0 Å². The molecular weight excluding hydrogens is 206 g/mol. The van der Waals surface area contributed by atoms with Crippen molar-refractivity contribution < 1.29 is 9.90 Å². The summed E-state index contributed by atoms with van der Waals surface area (Å²) in [6, 6.07) is 0.311. The van der Waals surface area contributed by atoms with E-state index in [9.17, 15) is 9.90 Å².